The second kappa shape index (κ2) is 9.05. The normalized spacial score (nSPS) is 14.4. The van der Waals surface area contributed by atoms with Crippen molar-refractivity contribution in [2.75, 3.05) is 33.3 Å². The maximum Gasteiger partial charge on any atom is 0.251 e. The highest BCUT2D eigenvalue weighted by Gasteiger charge is 2.12. The number of fused-ring (bicyclic) bond motifs is 1. The summed E-state index contributed by atoms with van der Waals surface area (Å²) in [5.74, 6) is 0.756. The fraction of sp³-hybridized carbons (Fsp3) is 0.409. The van der Waals surface area contributed by atoms with Crippen molar-refractivity contribution in [3.63, 3.8) is 0 Å². The van der Waals surface area contributed by atoms with Gasteiger partial charge in [-0.3, -0.25) is 4.79 Å². The molecule has 0 spiro atoms. The number of nitrogens with one attached hydrogen (secondary N) is 1. The topological polar surface area (TPSA) is 72.3 Å². The van der Waals surface area contributed by atoms with Crippen LogP contribution in [0, 0.1) is 0 Å². The molecule has 0 atom stereocenters. The number of likely N-dealkylation sites (tertiary alicyclic amines) is 1. The summed E-state index contributed by atoms with van der Waals surface area (Å²) in [5.41, 5.74) is 3.32. The van der Waals surface area contributed by atoms with Gasteiger partial charge in [-0.05, 0) is 74.8 Å². The molecule has 0 saturated carbocycles. The van der Waals surface area contributed by atoms with Gasteiger partial charge in [0.15, 0.2) is 0 Å². The van der Waals surface area contributed by atoms with Crippen LogP contribution >= 0.6 is 0 Å². The van der Waals surface area contributed by atoms with Gasteiger partial charge in [-0.1, -0.05) is 17.3 Å². The van der Waals surface area contributed by atoms with Gasteiger partial charge in [0, 0.05) is 12.1 Å². The molecular formula is C22H27N5O2. The predicted molar refractivity (Wildman–Crippen MR) is 112 cm³/mol. The van der Waals surface area contributed by atoms with Gasteiger partial charge in [0.1, 0.15) is 11.3 Å². The minimum absolute atomic E-state index is 0.0596. The Bertz CT molecular complexity index is 978. The van der Waals surface area contributed by atoms with Crippen molar-refractivity contribution in [2.24, 2.45) is 0 Å². The van der Waals surface area contributed by atoms with Crippen LogP contribution in [0.4, 0.5) is 0 Å². The van der Waals surface area contributed by atoms with E-state index in [1.807, 2.05) is 41.1 Å². The van der Waals surface area contributed by atoms with Gasteiger partial charge in [0.05, 0.1) is 19.2 Å². The van der Waals surface area contributed by atoms with Crippen molar-refractivity contribution in [2.45, 2.75) is 25.8 Å². The lowest BCUT2D eigenvalue weighted by Crippen LogP contribution is -2.28. The summed E-state index contributed by atoms with van der Waals surface area (Å²) in [4.78, 5) is 14.9. The molecule has 152 valence electrons. The Hall–Kier alpha value is -2.93. The third-order valence-electron chi connectivity index (χ3n) is 5.38. The van der Waals surface area contributed by atoms with Crippen molar-refractivity contribution in [1.82, 2.24) is 25.2 Å². The summed E-state index contributed by atoms with van der Waals surface area (Å²) in [6, 6.07) is 13.4. The number of hydrogen-bond donors (Lipinski definition) is 1. The minimum Gasteiger partial charge on any atom is -0.497 e. The number of carbonyl (C=O) groups is 1. The van der Waals surface area contributed by atoms with Crippen molar-refractivity contribution in [1.29, 1.82) is 0 Å². The third kappa shape index (κ3) is 4.74. The lowest BCUT2D eigenvalue weighted by atomic mass is 10.1. The molecule has 1 aliphatic rings. The molecule has 1 amide bonds. The fourth-order valence-corrected chi connectivity index (χ4v) is 3.79. The van der Waals surface area contributed by atoms with Crippen molar-refractivity contribution < 1.29 is 9.53 Å². The summed E-state index contributed by atoms with van der Waals surface area (Å²) in [5, 5.41) is 11.5. The highest BCUT2D eigenvalue weighted by atomic mass is 16.5. The molecule has 4 rings (SSSR count). The molecule has 29 heavy (non-hydrogen) atoms. The zero-order chi connectivity index (χ0) is 20.1. The average molecular weight is 393 g/mol. The quantitative estimate of drug-likeness (QED) is 0.596. The van der Waals surface area contributed by atoms with Crippen LogP contribution in [0.15, 0.2) is 42.5 Å². The second-order valence-corrected chi connectivity index (χ2v) is 7.46. The van der Waals surface area contributed by atoms with Crippen LogP contribution in [-0.2, 0) is 6.54 Å². The standard InChI is InChI=1S/C22H27N5O2/c1-29-19-7-4-6-17(14-19)16-27-21-9-8-18(15-20(21)24-25-27)22(28)23-10-5-13-26-11-2-3-12-26/h4,6-9,14-15H,2-3,5,10-13,16H2,1H3,(H,23,28). The van der Waals surface area contributed by atoms with Crippen LogP contribution < -0.4 is 10.1 Å². The number of benzene rings is 2. The Morgan fingerprint density at radius 3 is 2.86 bits per heavy atom. The third-order valence-corrected chi connectivity index (χ3v) is 5.38. The molecule has 0 radical (unpaired) electrons. The van der Waals surface area contributed by atoms with E-state index in [0.717, 1.165) is 35.3 Å². The molecule has 1 saturated heterocycles. The van der Waals surface area contributed by atoms with E-state index in [4.69, 9.17) is 4.74 Å². The first-order valence-corrected chi connectivity index (χ1v) is 10.2. The van der Waals surface area contributed by atoms with Crippen LogP contribution in [-0.4, -0.2) is 59.1 Å². The second-order valence-electron chi connectivity index (χ2n) is 7.46. The molecule has 0 bridgehead atoms. The Kier molecular flexibility index (Phi) is 6.05. The van der Waals surface area contributed by atoms with Gasteiger partial charge in [-0.15, -0.1) is 5.10 Å². The summed E-state index contributed by atoms with van der Waals surface area (Å²) in [6.45, 7) is 4.72. The van der Waals surface area contributed by atoms with Gasteiger partial charge in [-0.2, -0.15) is 0 Å². The number of aromatic nitrogens is 3. The zero-order valence-electron chi connectivity index (χ0n) is 16.8. The number of nitrogens with zero attached hydrogens (tertiary/aromatic N) is 4. The first kappa shape index (κ1) is 19.4. The molecule has 2 heterocycles. The largest absolute Gasteiger partial charge is 0.497 e. The van der Waals surface area contributed by atoms with Gasteiger partial charge >= 0.3 is 0 Å². The van der Waals surface area contributed by atoms with E-state index in [2.05, 4.69) is 20.5 Å². The first-order valence-electron chi connectivity index (χ1n) is 10.2. The molecule has 7 nitrogen and oxygen atoms in total. The van der Waals surface area contributed by atoms with E-state index in [-0.39, 0.29) is 5.91 Å². The van der Waals surface area contributed by atoms with Crippen LogP contribution in [0.5, 0.6) is 5.75 Å². The molecule has 0 aliphatic carbocycles. The van der Waals surface area contributed by atoms with E-state index >= 15 is 0 Å². The first-order chi connectivity index (χ1) is 14.2. The lowest BCUT2D eigenvalue weighted by Gasteiger charge is -2.14. The smallest absolute Gasteiger partial charge is 0.251 e. The van der Waals surface area contributed by atoms with E-state index in [0.29, 0.717) is 18.7 Å². The van der Waals surface area contributed by atoms with E-state index in [1.54, 1.807) is 13.2 Å². The monoisotopic (exact) mass is 393 g/mol. The van der Waals surface area contributed by atoms with E-state index < -0.39 is 0 Å². The molecule has 0 unspecified atom stereocenters. The minimum atomic E-state index is -0.0596. The summed E-state index contributed by atoms with van der Waals surface area (Å²) < 4.78 is 7.12. The predicted octanol–water partition coefficient (Wildman–Crippen LogP) is 2.70. The Morgan fingerprint density at radius 2 is 2.03 bits per heavy atom. The zero-order valence-corrected chi connectivity index (χ0v) is 16.8. The lowest BCUT2D eigenvalue weighted by molar-refractivity contribution is 0.0952. The molecule has 1 fully saturated rings. The molecule has 1 aliphatic heterocycles. The number of methoxy groups -OCH3 is 1. The van der Waals surface area contributed by atoms with Crippen LogP contribution in [0.2, 0.25) is 0 Å². The van der Waals surface area contributed by atoms with Gasteiger partial charge in [0.25, 0.3) is 5.91 Å². The number of amides is 1. The summed E-state index contributed by atoms with van der Waals surface area (Å²) in [7, 11) is 1.66. The van der Waals surface area contributed by atoms with Gasteiger partial charge in [0.2, 0.25) is 0 Å². The molecule has 1 aromatic heterocycles. The number of hydrogen-bond acceptors (Lipinski definition) is 5. The Morgan fingerprint density at radius 1 is 1.17 bits per heavy atom. The van der Waals surface area contributed by atoms with Crippen molar-refractivity contribution in [3.05, 3.63) is 53.6 Å². The number of ether oxygens (including phenoxy) is 1. The number of rotatable bonds is 8. The highest BCUT2D eigenvalue weighted by Crippen LogP contribution is 2.17. The molecular weight excluding hydrogens is 366 g/mol. The van der Waals surface area contributed by atoms with Gasteiger partial charge < -0.3 is 15.0 Å². The molecule has 3 aromatic rings. The molecule has 1 N–H and O–H groups in total. The summed E-state index contributed by atoms with van der Waals surface area (Å²) >= 11 is 0. The molecule has 7 heteroatoms. The maximum absolute atomic E-state index is 12.5. The maximum atomic E-state index is 12.5. The van der Waals surface area contributed by atoms with Crippen LogP contribution in [0.25, 0.3) is 11.0 Å². The van der Waals surface area contributed by atoms with E-state index in [1.165, 1.54) is 25.9 Å². The fourth-order valence-electron chi connectivity index (χ4n) is 3.79. The van der Waals surface area contributed by atoms with Crippen LogP contribution in [0.3, 0.4) is 0 Å². The van der Waals surface area contributed by atoms with Crippen LogP contribution in [0.1, 0.15) is 35.2 Å². The Labute approximate surface area is 170 Å². The highest BCUT2D eigenvalue weighted by molar-refractivity contribution is 5.97. The SMILES string of the molecule is COc1cccc(Cn2nnc3cc(C(=O)NCCCN4CCCC4)ccc32)c1. The average Bonchev–Trinajstić information content (AvgIpc) is 3.41. The van der Waals surface area contributed by atoms with E-state index in [9.17, 15) is 4.79 Å². The van der Waals surface area contributed by atoms with Crippen molar-refractivity contribution in [3.8, 4) is 5.75 Å². The molecule has 2 aromatic carbocycles. The summed E-state index contributed by atoms with van der Waals surface area (Å²) in [6.07, 6.45) is 3.57. The number of carbonyl (C=O) groups excluding carboxylic acids is 1. The van der Waals surface area contributed by atoms with Gasteiger partial charge in [-0.25, -0.2) is 4.68 Å². The van der Waals surface area contributed by atoms with Crippen molar-refractivity contribution >= 4 is 16.9 Å². The Balaban J connectivity index is 1.37.